The van der Waals surface area contributed by atoms with Gasteiger partial charge in [-0.2, -0.15) is 5.10 Å². The zero-order chi connectivity index (χ0) is 18.7. The zero-order valence-corrected chi connectivity index (χ0v) is 15.4. The molecule has 2 heterocycles. The van der Waals surface area contributed by atoms with Crippen LogP contribution in [-0.4, -0.2) is 35.8 Å². The summed E-state index contributed by atoms with van der Waals surface area (Å²) < 4.78 is 6.83. The van der Waals surface area contributed by atoms with Crippen LogP contribution in [0.25, 0.3) is 5.69 Å². The van der Waals surface area contributed by atoms with Crippen LogP contribution in [0.5, 0.6) is 0 Å². The molecule has 0 atom stereocenters. The topological polar surface area (TPSA) is 75.7 Å². The number of anilines is 1. The Morgan fingerprint density at radius 1 is 1.31 bits per heavy atom. The first-order valence-electron chi connectivity index (χ1n) is 7.87. The number of imidazole rings is 1. The molecule has 0 saturated carbocycles. The second-order valence-corrected chi connectivity index (χ2v) is 6.19. The molecule has 2 aromatic heterocycles. The number of nitrogens with one attached hydrogen (secondary N) is 1. The average molecular weight is 372 g/mol. The van der Waals surface area contributed by atoms with Gasteiger partial charge in [-0.05, 0) is 31.2 Å². The lowest BCUT2D eigenvalue weighted by molar-refractivity contribution is 0.0951. The van der Waals surface area contributed by atoms with Crippen molar-refractivity contribution in [3.05, 3.63) is 64.8 Å². The standard InChI is InChI=1S/C18H18ClN5O2/c1-12-6-8-13(9-7-12)24-16(19)15(21-18(24)23(2)3)17(25)22-20-11-14-5-4-10-26-14/h4-11H,1-3H3,(H,22,25)/b20-11-. The van der Waals surface area contributed by atoms with Gasteiger partial charge in [0.1, 0.15) is 10.9 Å². The van der Waals surface area contributed by atoms with Gasteiger partial charge < -0.3 is 9.32 Å². The van der Waals surface area contributed by atoms with Crippen molar-refractivity contribution in [1.82, 2.24) is 15.0 Å². The summed E-state index contributed by atoms with van der Waals surface area (Å²) >= 11 is 6.46. The van der Waals surface area contributed by atoms with Crippen molar-refractivity contribution in [1.29, 1.82) is 0 Å². The number of aryl methyl sites for hydroxylation is 1. The summed E-state index contributed by atoms with van der Waals surface area (Å²) in [5.74, 6) is 0.557. The fourth-order valence-corrected chi connectivity index (χ4v) is 2.63. The fourth-order valence-electron chi connectivity index (χ4n) is 2.33. The highest BCUT2D eigenvalue weighted by Crippen LogP contribution is 2.28. The van der Waals surface area contributed by atoms with Crippen molar-refractivity contribution >= 4 is 29.7 Å². The first kappa shape index (κ1) is 17.8. The molecule has 3 rings (SSSR count). The van der Waals surface area contributed by atoms with E-state index in [4.69, 9.17) is 16.0 Å². The zero-order valence-electron chi connectivity index (χ0n) is 14.6. The van der Waals surface area contributed by atoms with E-state index in [2.05, 4.69) is 15.5 Å². The summed E-state index contributed by atoms with van der Waals surface area (Å²) in [4.78, 5) is 18.6. The Kier molecular flexibility index (Phi) is 5.09. The van der Waals surface area contributed by atoms with Crippen LogP contribution >= 0.6 is 11.6 Å². The lowest BCUT2D eigenvalue weighted by Gasteiger charge is -2.15. The molecule has 0 aliphatic carbocycles. The molecule has 0 spiro atoms. The van der Waals surface area contributed by atoms with E-state index in [1.807, 2.05) is 45.3 Å². The van der Waals surface area contributed by atoms with E-state index in [1.165, 1.54) is 12.5 Å². The van der Waals surface area contributed by atoms with E-state index in [0.717, 1.165) is 11.3 Å². The van der Waals surface area contributed by atoms with Crippen LogP contribution in [0.4, 0.5) is 5.95 Å². The molecule has 1 amide bonds. The van der Waals surface area contributed by atoms with Gasteiger partial charge in [0.05, 0.1) is 18.2 Å². The van der Waals surface area contributed by atoms with E-state index in [9.17, 15) is 4.79 Å². The Balaban J connectivity index is 1.91. The minimum absolute atomic E-state index is 0.0903. The molecule has 0 aliphatic heterocycles. The largest absolute Gasteiger partial charge is 0.463 e. The van der Waals surface area contributed by atoms with Gasteiger partial charge in [-0.1, -0.05) is 29.3 Å². The van der Waals surface area contributed by atoms with Crippen molar-refractivity contribution in [3.8, 4) is 5.69 Å². The second-order valence-electron chi connectivity index (χ2n) is 5.83. The molecule has 134 valence electrons. The van der Waals surface area contributed by atoms with E-state index in [0.29, 0.717) is 11.7 Å². The number of carbonyl (C=O) groups excluding carboxylic acids is 1. The van der Waals surface area contributed by atoms with Crippen LogP contribution in [0.15, 0.2) is 52.2 Å². The number of aromatic nitrogens is 2. The molecule has 1 aromatic carbocycles. The highest BCUT2D eigenvalue weighted by molar-refractivity contribution is 6.33. The highest BCUT2D eigenvalue weighted by atomic mass is 35.5. The van der Waals surface area contributed by atoms with E-state index in [1.54, 1.807) is 21.6 Å². The number of carbonyl (C=O) groups is 1. The Morgan fingerprint density at radius 3 is 2.65 bits per heavy atom. The van der Waals surface area contributed by atoms with Crippen molar-refractivity contribution in [2.45, 2.75) is 6.92 Å². The molecule has 8 heteroatoms. The normalized spacial score (nSPS) is 11.1. The molecule has 0 radical (unpaired) electrons. The SMILES string of the molecule is Cc1ccc(-n2c(N(C)C)nc(C(=O)N/N=C\c3ccco3)c2Cl)cc1. The molecule has 0 saturated heterocycles. The van der Waals surface area contributed by atoms with Crippen LogP contribution in [0.1, 0.15) is 21.8 Å². The van der Waals surface area contributed by atoms with Gasteiger partial charge in [0.25, 0.3) is 5.91 Å². The molecule has 0 unspecified atom stereocenters. The Bertz CT molecular complexity index is 927. The number of hydrazone groups is 1. The van der Waals surface area contributed by atoms with Crippen molar-refractivity contribution in [2.75, 3.05) is 19.0 Å². The molecule has 0 bridgehead atoms. The lowest BCUT2D eigenvalue weighted by Crippen LogP contribution is -2.19. The summed E-state index contributed by atoms with van der Waals surface area (Å²) in [5, 5.41) is 4.07. The molecular formula is C18H18ClN5O2. The summed E-state index contributed by atoms with van der Waals surface area (Å²) in [6.45, 7) is 2.00. The highest BCUT2D eigenvalue weighted by Gasteiger charge is 2.23. The van der Waals surface area contributed by atoms with Gasteiger partial charge in [-0.25, -0.2) is 10.4 Å². The minimum atomic E-state index is -0.508. The lowest BCUT2D eigenvalue weighted by atomic mass is 10.2. The first-order chi connectivity index (χ1) is 12.5. The quantitative estimate of drug-likeness (QED) is 0.551. The maximum atomic E-state index is 12.4. The number of amides is 1. The third-order valence-corrected chi connectivity index (χ3v) is 3.96. The van der Waals surface area contributed by atoms with Gasteiger partial charge in [0.2, 0.25) is 5.95 Å². The maximum Gasteiger partial charge on any atom is 0.293 e. The molecular weight excluding hydrogens is 354 g/mol. The molecule has 26 heavy (non-hydrogen) atoms. The first-order valence-corrected chi connectivity index (χ1v) is 8.24. The Morgan fingerprint density at radius 2 is 2.04 bits per heavy atom. The number of rotatable bonds is 5. The van der Waals surface area contributed by atoms with Crippen LogP contribution in [0, 0.1) is 6.92 Å². The monoisotopic (exact) mass is 371 g/mol. The summed E-state index contributed by atoms with van der Waals surface area (Å²) in [7, 11) is 3.67. The molecule has 7 nitrogen and oxygen atoms in total. The van der Waals surface area contributed by atoms with E-state index in [-0.39, 0.29) is 10.8 Å². The van der Waals surface area contributed by atoms with Crippen LogP contribution < -0.4 is 10.3 Å². The number of benzene rings is 1. The van der Waals surface area contributed by atoms with Gasteiger partial charge in [0.15, 0.2) is 5.69 Å². The predicted octanol–water partition coefficient (Wildman–Crippen LogP) is 3.26. The van der Waals surface area contributed by atoms with Crippen LogP contribution in [0.2, 0.25) is 5.15 Å². The number of furan rings is 1. The molecule has 0 fully saturated rings. The van der Waals surface area contributed by atoms with Crippen molar-refractivity contribution in [3.63, 3.8) is 0 Å². The van der Waals surface area contributed by atoms with Gasteiger partial charge in [0, 0.05) is 14.1 Å². The minimum Gasteiger partial charge on any atom is -0.463 e. The maximum absolute atomic E-state index is 12.4. The number of hydrogen-bond donors (Lipinski definition) is 1. The van der Waals surface area contributed by atoms with Gasteiger partial charge >= 0.3 is 0 Å². The van der Waals surface area contributed by atoms with Crippen LogP contribution in [-0.2, 0) is 0 Å². The molecule has 0 aliphatic rings. The summed E-state index contributed by atoms with van der Waals surface area (Å²) in [6, 6.07) is 11.2. The van der Waals surface area contributed by atoms with Gasteiger partial charge in [-0.3, -0.25) is 9.36 Å². The van der Waals surface area contributed by atoms with Crippen molar-refractivity contribution in [2.24, 2.45) is 5.10 Å². The molecule has 1 N–H and O–H groups in total. The number of halogens is 1. The average Bonchev–Trinajstić information content (AvgIpc) is 3.23. The summed E-state index contributed by atoms with van der Waals surface area (Å²) in [5.41, 5.74) is 4.44. The summed E-state index contributed by atoms with van der Waals surface area (Å²) in [6.07, 6.45) is 2.92. The van der Waals surface area contributed by atoms with E-state index < -0.39 is 5.91 Å². The predicted molar refractivity (Wildman–Crippen MR) is 101 cm³/mol. The van der Waals surface area contributed by atoms with Crippen LogP contribution in [0.3, 0.4) is 0 Å². The van der Waals surface area contributed by atoms with Gasteiger partial charge in [-0.15, -0.1) is 0 Å². The number of hydrogen-bond acceptors (Lipinski definition) is 5. The third-order valence-electron chi connectivity index (χ3n) is 3.61. The second kappa shape index (κ2) is 7.45. The molecule has 3 aromatic rings. The number of nitrogens with zero attached hydrogens (tertiary/aromatic N) is 4. The smallest absolute Gasteiger partial charge is 0.293 e. The third kappa shape index (κ3) is 3.62. The Hall–Kier alpha value is -3.06. The van der Waals surface area contributed by atoms with Crippen molar-refractivity contribution < 1.29 is 9.21 Å². The Labute approximate surface area is 155 Å². The fraction of sp³-hybridized carbons (Fsp3) is 0.167. The van der Waals surface area contributed by atoms with E-state index >= 15 is 0 Å².